The zero-order valence-electron chi connectivity index (χ0n) is 16.8. The van der Waals surface area contributed by atoms with E-state index in [4.69, 9.17) is 22.1 Å². The Morgan fingerprint density at radius 1 is 1.39 bits per heavy atom. The van der Waals surface area contributed by atoms with E-state index in [1.54, 1.807) is 43.1 Å². The Labute approximate surface area is 177 Å². The average molecular weight is 421 g/mol. The van der Waals surface area contributed by atoms with E-state index >= 15 is 0 Å². The number of nitrogens with two attached hydrogens (primary N) is 1. The standard InChI is InChI=1S/C22H29ClN2O2S/c1-4-22(24,5-2)20-14-25(13-15-7-6-8-15)21(28-20)12-18(26)17-11-16(23)9-10-19(17)27-3/h9-12,14-15H,4-8,13,24H2,1-3H3/b21-12-. The normalized spacial score (nSPS) is 19.0. The summed E-state index contributed by atoms with van der Waals surface area (Å²) in [6.07, 6.45) is 9.39. The minimum atomic E-state index is -0.352. The van der Waals surface area contributed by atoms with Crippen molar-refractivity contribution < 1.29 is 9.53 Å². The molecule has 0 saturated heterocycles. The molecule has 152 valence electrons. The second kappa shape index (κ2) is 8.93. The van der Waals surface area contributed by atoms with Gasteiger partial charge in [-0.25, -0.2) is 0 Å². The number of hydrogen-bond acceptors (Lipinski definition) is 5. The molecule has 3 rings (SSSR count). The van der Waals surface area contributed by atoms with Crippen molar-refractivity contribution in [3.63, 3.8) is 0 Å². The molecule has 4 nitrogen and oxygen atoms in total. The molecule has 0 atom stereocenters. The summed E-state index contributed by atoms with van der Waals surface area (Å²) in [5.41, 5.74) is 6.77. The van der Waals surface area contributed by atoms with Gasteiger partial charge in [-0.05, 0) is 49.8 Å². The molecule has 0 unspecified atom stereocenters. The predicted octanol–water partition coefficient (Wildman–Crippen LogP) is 5.58. The molecule has 6 heteroatoms. The van der Waals surface area contributed by atoms with Crippen LogP contribution in [-0.2, 0) is 0 Å². The van der Waals surface area contributed by atoms with Crippen molar-refractivity contribution in [2.75, 3.05) is 13.7 Å². The number of benzene rings is 1. The van der Waals surface area contributed by atoms with Crippen LogP contribution >= 0.6 is 23.4 Å². The third-order valence-corrected chi connectivity index (χ3v) is 7.41. The third-order valence-electron chi connectivity index (χ3n) is 5.88. The second-order valence-corrected chi connectivity index (χ2v) is 9.10. The van der Waals surface area contributed by atoms with Crippen molar-refractivity contribution in [2.24, 2.45) is 11.7 Å². The first-order valence-electron chi connectivity index (χ1n) is 9.95. The average Bonchev–Trinajstić information content (AvgIpc) is 3.07. The van der Waals surface area contributed by atoms with Gasteiger partial charge in [0.25, 0.3) is 0 Å². The summed E-state index contributed by atoms with van der Waals surface area (Å²) in [4.78, 5) is 16.4. The molecule has 1 fully saturated rings. The van der Waals surface area contributed by atoms with Crippen LogP contribution in [0.15, 0.2) is 40.4 Å². The summed E-state index contributed by atoms with van der Waals surface area (Å²) in [6.45, 7) is 5.17. The molecule has 1 heterocycles. The molecular weight excluding hydrogens is 392 g/mol. The SMILES string of the molecule is CCC(N)(CC)C1=CN(CC2CCC2)/C(=C/C(=O)c2cc(Cl)ccc2OC)S1. The zero-order chi connectivity index (χ0) is 20.3. The van der Waals surface area contributed by atoms with E-state index in [0.29, 0.717) is 22.3 Å². The monoisotopic (exact) mass is 420 g/mol. The summed E-state index contributed by atoms with van der Waals surface area (Å²) in [5.74, 6) is 1.11. The van der Waals surface area contributed by atoms with Crippen molar-refractivity contribution in [3.8, 4) is 5.75 Å². The molecule has 0 spiro atoms. The summed E-state index contributed by atoms with van der Waals surface area (Å²) in [6, 6.07) is 5.11. The van der Waals surface area contributed by atoms with Gasteiger partial charge in [-0.2, -0.15) is 0 Å². The van der Waals surface area contributed by atoms with Gasteiger partial charge in [0, 0.05) is 34.3 Å². The molecule has 1 aliphatic carbocycles. The number of carbonyl (C=O) groups is 1. The van der Waals surface area contributed by atoms with Crippen molar-refractivity contribution >= 4 is 29.1 Å². The Morgan fingerprint density at radius 3 is 2.68 bits per heavy atom. The maximum atomic E-state index is 13.0. The lowest BCUT2D eigenvalue weighted by atomic mass is 9.85. The number of ether oxygens (including phenoxy) is 1. The Morgan fingerprint density at radius 2 is 2.11 bits per heavy atom. The van der Waals surface area contributed by atoms with Crippen LogP contribution in [0, 0.1) is 5.92 Å². The van der Waals surface area contributed by atoms with Crippen LogP contribution < -0.4 is 10.5 Å². The first-order chi connectivity index (χ1) is 13.4. The van der Waals surface area contributed by atoms with Gasteiger partial charge >= 0.3 is 0 Å². The molecule has 2 aliphatic rings. The van der Waals surface area contributed by atoms with E-state index < -0.39 is 0 Å². The van der Waals surface area contributed by atoms with Gasteiger partial charge < -0.3 is 15.4 Å². The van der Waals surface area contributed by atoms with Crippen LogP contribution in [0.5, 0.6) is 5.75 Å². The van der Waals surface area contributed by atoms with Crippen LogP contribution in [0.3, 0.4) is 0 Å². The quantitative estimate of drug-likeness (QED) is 0.439. The maximum absolute atomic E-state index is 13.0. The predicted molar refractivity (Wildman–Crippen MR) is 118 cm³/mol. The molecule has 0 radical (unpaired) electrons. The van der Waals surface area contributed by atoms with E-state index in [2.05, 4.69) is 24.9 Å². The first kappa shape index (κ1) is 21.3. The number of hydrogen-bond donors (Lipinski definition) is 1. The highest BCUT2D eigenvalue weighted by Crippen LogP contribution is 2.45. The van der Waals surface area contributed by atoms with Crippen LogP contribution in [0.25, 0.3) is 0 Å². The van der Waals surface area contributed by atoms with E-state index in [9.17, 15) is 4.79 Å². The van der Waals surface area contributed by atoms with Gasteiger partial charge in [0.1, 0.15) is 5.75 Å². The van der Waals surface area contributed by atoms with Gasteiger partial charge in [0.2, 0.25) is 0 Å². The minimum absolute atomic E-state index is 0.106. The topological polar surface area (TPSA) is 55.6 Å². The Bertz CT molecular complexity index is 798. The van der Waals surface area contributed by atoms with Gasteiger partial charge in [0.05, 0.1) is 17.7 Å². The smallest absolute Gasteiger partial charge is 0.192 e. The first-order valence-corrected chi connectivity index (χ1v) is 11.1. The molecule has 0 aromatic heterocycles. The molecule has 1 aromatic rings. The number of methoxy groups -OCH3 is 1. The number of thioether (sulfide) groups is 1. The van der Waals surface area contributed by atoms with Crippen LogP contribution in [-0.4, -0.2) is 29.9 Å². The number of rotatable bonds is 8. The van der Waals surface area contributed by atoms with Crippen molar-refractivity contribution in [3.05, 3.63) is 51.0 Å². The Balaban J connectivity index is 1.90. The minimum Gasteiger partial charge on any atom is -0.496 e. The fourth-order valence-electron chi connectivity index (χ4n) is 3.50. The molecule has 1 aliphatic heterocycles. The van der Waals surface area contributed by atoms with Gasteiger partial charge in [-0.15, -0.1) is 0 Å². The number of carbonyl (C=O) groups excluding carboxylic acids is 1. The summed E-state index contributed by atoms with van der Waals surface area (Å²) in [7, 11) is 1.56. The lowest BCUT2D eigenvalue weighted by molar-refractivity contribution is 0.104. The fourth-order valence-corrected chi connectivity index (χ4v) is 4.98. The van der Waals surface area contributed by atoms with E-state index in [-0.39, 0.29) is 11.3 Å². The molecule has 0 amide bonds. The van der Waals surface area contributed by atoms with Crippen LogP contribution in [0.4, 0.5) is 0 Å². The van der Waals surface area contributed by atoms with Gasteiger partial charge in [-0.1, -0.05) is 43.6 Å². The largest absolute Gasteiger partial charge is 0.496 e. The van der Waals surface area contributed by atoms with Crippen LogP contribution in [0.2, 0.25) is 5.02 Å². The molecule has 2 N–H and O–H groups in total. The van der Waals surface area contributed by atoms with E-state index in [0.717, 1.165) is 29.3 Å². The van der Waals surface area contributed by atoms with E-state index in [1.807, 2.05) is 0 Å². The highest BCUT2D eigenvalue weighted by Gasteiger charge is 2.34. The Hall–Kier alpha value is -1.43. The fraction of sp³-hybridized carbons (Fsp3) is 0.500. The molecule has 1 saturated carbocycles. The zero-order valence-corrected chi connectivity index (χ0v) is 18.4. The van der Waals surface area contributed by atoms with Gasteiger partial charge in [-0.3, -0.25) is 4.79 Å². The molecular formula is C22H29ClN2O2S. The molecule has 0 bridgehead atoms. The number of halogens is 1. The maximum Gasteiger partial charge on any atom is 0.192 e. The molecule has 28 heavy (non-hydrogen) atoms. The van der Waals surface area contributed by atoms with Crippen LogP contribution in [0.1, 0.15) is 56.3 Å². The van der Waals surface area contributed by atoms with Crippen molar-refractivity contribution in [1.82, 2.24) is 4.90 Å². The van der Waals surface area contributed by atoms with Crippen molar-refractivity contribution in [1.29, 1.82) is 0 Å². The number of allylic oxidation sites excluding steroid dienone is 1. The highest BCUT2D eigenvalue weighted by atomic mass is 35.5. The number of nitrogens with zero attached hydrogens (tertiary/aromatic N) is 1. The summed E-state index contributed by atoms with van der Waals surface area (Å²) < 4.78 is 5.35. The lowest BCUT2D eigenvalue weighted by Gasteiger charge is -2.30. The van der Waals surface area contributed by atoms with Crippen molar-refractivity contribution in [2.45, 2.75) is 51.5 Å². The van der Waals surface area contributed by atoms with Gasteiger partial charge in [0.15, 0.2) is 5.78 Å². The third kappa shape index (κ3) is 4.42. The lowest BCUT2D eigenvalue weighted by Crippen LogP contribution is -2.39. The molecule has 1 aromatic carbocycles. The van der Waals surface area contributed by atoms with E-state index in [1.165, 1.54) is 19.3 Å². The summed E-state index contributed by atoms with van der Waals surface area (Å²) in [5, 5.41) is 1.45. The second-order valence-electron chi connectivity index (χ2n) is 7.60. The Kier molecular flexibility index (Phi) is 6.79. The summed E-state index contributed by atoms with van der Waals surface area (Å²) >= 11 is 7.73. The highest BCUT2D eigenvalue weighted by molar-refractivity contribution is 8.07. The number of ketones is 1.